The molecule has 0 unspecified atom stereocenters. The van der Waals surface area contributed by atoms with Gasteiger partial charge in [0.1, 0.15) is 0 Å². The lowest BCUT2D eigenvalue weighted by molar-refractivity contribution is -0.194. The van der Waals surface area contributed by atoms with Crippen LogP contribution >= 0.6 is 0 Å². The first-order valence-corrected chi connectivity index (χ1v) is 13.0. The largest absolute Gasteiger partial charge is 0.416 e. The lowest BCUT2D eigenvalue weighted by Gasteiger charge is -2.21. The lowest BCUT2D eigenvalue weighted by atomic mass is 10.0. The lowest BCUT2D eigenvalue weighted by Crippen LogP contribution is -2.25. The van der Waals surface area contributed by atoms with Crippen LogP contribution in [0.25, 0.3) is 0 Å². The number of unbranched alkanes of at least 4 members (excludes halogenated alkanes) is 9. The summed E-state index contributed by atoms with van der Waals surface area (Å²) in [7, 11) is 0. The highest BCUT2D eigenvalue weighted by Gasteiger charge is 2.30. The van der Waals surface area contributed by atoms with E-state index in [-0.39, 0.29) is 6.54 Å². The van der Waals surface area contributed by atoms with Gasteiger partial charge in [-0.05, 0) is 41.7 Å². The fourth-order valence-corrected chi connectivity index (χ4v) is 4.14. The van der Waals surface area contributed by atoms with Crippen molar-refractivity contribution >= 4 is 5.97 Å². The maximum absolute atomic E-state index is 12.8. The van der Waals surface area contributed by atoms with E-state index in [1.807, 2.05) is 12.1 Å². The quantitative estimate of drug-likeness (QED) is 0.174. The predicted octanol–water partition coefficient (Wildman–Crippen LogP) is 8.65. The molecule has 0 aromatic heterocycles. The number of rotatable bonds is 16. The number of hydrogen-bond donors (Lipinski definition) is 0. The van der Waals surface area contributed by atoms with Crippen molar-refractivity contribution in [3.63, 3.8) is 0 Å². The van der Waals surface area contributed by atoms with Gasteiger partial charge in [-0.3, -0.25) is 4.79 Å². The molecule has 2 aromatic rings. The van der Waals surface area contributed by atoms with Gasteiger partial charge in [0, 0.05) is 6.92 Å². The van der Waals surface area contributed by atoms with E-state index in [0.29, 0.717) is 12.1 Å². The summed E-state index contributed by atoms with van der Waals surface area (Å²) >= 11 is 0. The average molecular weight is 492 g/mol. The predicted molar refractivity (Wildman–Crippen MR) is 134 cm³/mol. The number of benzene rings is 2. The smallest absolute Gasteiger partial charge is 0.368 e. The van der Waals surface area contributed by atoms with Gasteiger partial charge in [0.2, 0.25) is 0 Å². The zero-order valence-electron chi connectivity index (χ0n) is 21.2. The van der Waals surface area contributed by atoms with Crippen molar-refractivity contribution in [3.8, 4) is 0 Å². The third-order valence-electron chi connectivity index (χ3n) is 6.10. The number of nitrogens with zero attached hydrogens (tertiary/aromatic N) is 1. The normalized spacial score (nSPS) is 11.7. The Morgan fingerprint density at radius 1 is 0.714 bits per heavy atom. The van der Waals surface area contributed by atoms with E-state index in [1.54, 1.807) is 0 Å². The Bertz CT molecular complexity index is 848. The topological polar surface area (TPSA) is 29.5 Å². The van der Waals surface area contributed by atoms with Crippen LogP contribution in [0.5, 0.6) is 0 Å². The number of carbonyl (C=O) groups excluding carboxylic acids is 1. The van der Waals surface area contributed by atoms with E-state index in [9.17, 15) is 18.0 Å². The molecule has 0 N–H and O–H groups in total. The molecule has 2 rings (SSSR count). The van der Waals surface area contributed by atoms with E-state index >= 15 is 0 Å². The number of carbonyl (C=O) groups is 1. The Hall–Kier alpha value is -2.34. The molecule has 0 radical (unpaired) electrons. The Labute approximate surface area is 208 Å². The molecule has 0 saturated heterocycles. The van der Waals surface area contributed by atoms with Gasteiger partial charge >= 0.3 is 12.1 Å². The van der Waals surface area contributed by atoms with E-state index < -0.39 is 17.7 Å². The van der Waals surface area contributed by atoms with E-state index in [2.05, 4.69) is 19.1 Å². The fourth-order valence-electron chi connectivity index (χ4n) is 4.14. The molecule has 0 aliphatic carbocycles. The molecule has 0 fully saturated rings. The van der Waals surface area contributed by atoms with Crippen molar-refractivity contribution in [2.24, 2.45) is 0 Å². The van der Waals surface area contributed by atoms with Crippen LogP contribution in [-0.4, -0.2) is 11.0 Å². The molecule has 194 valence electrons. The minimum absolute atomic E-state index is 0.206. The van der Waals surface area contributed by atoms with Gasteiger partial charge in [-0.2, -0.15) is 13.2 Å². The first kappa shape index (κ1) is 28.9. The zero-order valence-corrected chi connectivity index (χ0v) is 21.2. The van der Waals surface area contributed by atoms with Crippen molar-refractivity contribution in [1.82, 2.24) is 5.06 Å². The number of aryl methyl sites for hydroxylation is 1. The van der Waals surface area contributed by atoms with E-state index in [0.717, 1.165) is 24.1 Å². The molecule has 3 nitrogen and oxygen atoms in total. The van der Waals surface area contributed by atoms with Crippen LogP contribution < -0.4 is 0 Å². The number of halogens is 3. The third kappa shape index (κ3) is 12.3. The molecule has 0 bridgehead atoms. The maximum atomic E-state index is 12.8. The monoisotopic (exact) mass is 491 g/mol. The summed E-state index contributed by atoms with van der Waals surface area (Å²) in [6, 6.07) is 13.2. The van der Waals surface area contributed by atoms with E-state index in [1.165, 1.54) is 93.9 Å². The summed E-state index contributed by atoms with van der Waals surface area (Å²) in [5.74, 6) is -0.463. The molecule has 2 aromatic carbocycles. The fraction of sp³-hybridized carbons (Fsp3) is 0.552. The molecule has 0 saturated carbocycles. The summed E-state index contributed by atoms with van der Waals surface area (Å²) in [4.78, 5) is 16.8. The Morgan fingerprint density at radius 2 is 1.14 bits per heavy atom. The highest BCUT2D eigenvalue weighted by Crippen LogP contribution is 2.29. The molecule has 0 heterocycles. The summed E-state index contributed by atoms with van der Waals surface area (Å²) < 4.78 is 38.4. The number of hydrogen-bond acceptors (Lipinski definition) is 3. The molecular formula is C29H40F3NO2. The van der Waals surface area contributed by atoms with Crippen molar-refractivity contribution < 1.29 is 22.8 Å². The summed E-state index contributed by atoms with van der Waals surface area (Å²) in [5.41, 5.74) is 2.20. The van der Waals surface area contributed by atoms with E-state index in [4.69, 9.17) is 4.84 Å². The maximum Gasteiger partial charge on any atom is 0.416 e. The molecule has 35 heavy (non-hydrogen) atoms. The minimum Gasteiger partial charge on any atom is -0.368 e. The van der Waals surface area contributed by atoms with Crippen LogP contribution in [0.15, 0.2) is 48.5 Å². The van der Waals surface area contributed by atoms with Crippen molar-refractivity contribution in [2.75, 3.05) is 0 Å². The summed E-state index contributed by atoms with van der Waals surface area (Å²) in [6.07, 6.45) is 9.87. The molecule has 0 atom stereocenters. The second-order valence-electron chi connectivity index (χ2n) is 9.32. The molecular weight excluding hydrogens is 451 g/mol. The Balaban J connectivity index is 1.75. The summed E-state index contributed by atoms with van der Waals surface area (Å²) in [6.45, 7) is 4.13. The first-order valence-electron chi connectivity index (χ1n) is 13.0. The van der Waals surface area contributed by atoms with Gasteiger partial charge in [-0.25, -0.2) is 0 Å². The van der Waals surface area contributed by atoms with Crippen LogP contribution in [0.2, 0.25) is 0 Å². The standard InChI is InChI=1S/C29H40F3NO2/c1-3-4-5-6-7-8-9-10-11-12-13-25-14-16-26(17-15-25)22-33(35-24(2)34)23-27-18-20-28(21-19-27)29(30,31)32/h14-21H,3-13,22-23H2,1-2H3. The van der Waals surface area contributed by atoms with Gasteiger partial charge in [0.15, 0.2) is 0 Å². The van der Waals surface area contributed by atoms with Crippen LogP contribution in [0.3, 0.4) is 0 Å². The first-order chi connectivity index (χ1) is 16.8. The molecule has 6 heteroatoms. The van der Waals surface area contributed by atoms with Gasteiger partial charge in [-0.1, -0.05) is 101 Å². The van der Waals surface area contributed by atoms with Crippen LogP contribution in [0, 0.1) is 0 Å². The van der Waals surface area contributed by atoms with Crippen LogP contribution in [0.1, 0.15) is 100 Å². The second kappa shape index (κ2) is 15.6. The number of alkyl halides is 3. The average Bonchev–Trinajstić information content (AvgIpc) is 2.80. The molecule has 0 spiro atoms. The van der Waals surface area contributed by atoms with Gasteiger partial charge < -0.3 is 4.84 Å². The highest BCUT2D eigenvalue weighted by molar-refractivity contribution is 5.65. The second-order valence-corrected chi connectivity index (χ2v) is 9.32. The van der Waals surface area contributed by atoms with Gasteiger partial charge in [0.25, 0.3) is 0 Å². The Kier molecular flexibility index (Phi) is 12.9. The third-order valence-corrected chi connectivity index (χ3v) is 6.10. The van der Waals surface area contributed by atoms with Crippen molar-refractivity contribution in [3.05, 3.63) is 70.8 Å². The van der Waals surface area contributed by atoms with Gasteiger partial charge in [-0.15, -0.1) is 5.06 Å². The minimum atomic E-state index is -4.37. The van der Waals surface area contributed by atoms with Crippen LogP contribution in [-0.2, 0) is 35.3 Å². The Morgan fingerprint density at radius 3 is 1.60 bits per heavy atom. The van der Waals surface area contributed by atoms with Crippen molar-refractivity contribution in [1.29, 1.82) is 0 Å². The molecule has 0 aliphatic heterocycles. The number of hydroxylamine groups is 2. The van der Waals surface area contributed by atoms with Crippen molar-refractivity contribution in [2.45, 2.75) is 104 Å². The van der Waals surface area contributed by atoms with Gasteiger partial charge in [0.05, 0.1) is 18.7 Å². The summed E-state index contributed by atoms with van der Waals surface area (Å²) in [5, 5.41) is 1.47. The zero-order chi connectivity index (χ0) is 25.5. The molecule has 0 amide bonds. The highest BCUT2D eigenvalue weighted by atomic mass is 19.4. The molecule has 0 aliphatic rings. The SMILES string of the molecule is CCCCCCCCCCCCc1ccc(CN(Cc2ccc(C(F)(F)F)cc2)OC(C)=O)cc1. The van der Waals surface area contributed by atoms with Crippen LogP contribution in [0.4, 0.5) is 13.2 Å².